The van der Waals surface area contributed by atoms with Crippen LogP contribution in [-0.2, 0) is 4.79 Å². The SMILES string of the molecule is CCOc1cc(C(=O)O)ccc1OCCCC(=O)NC. The number of aromatic carboxylic acids is 1. The van der Waals surface area contributed by atoms with E-state index in [0.717, 1.165) is 0 Å². The third-order valence-corrected chi connectivity index (χ3v) is 2.58. The summed E-state index contributed by atoms with van der Waals surface area (Å²) in [7, 11) is 1.58. The Morgan fingerprint density at radius 1 is 1.25 bits per heavy atom. The second kappa shape index (κ2) is 8.04. The Balaban J connectivity index is 2.64. The highest BCUT2D eigenvalue weighted by Crippen LogP contribution is 2.28. The van der Waals surface area contributed by atoms with Crippen molar-refractivity contribution in [2.75, 3.05) is 20.3 Å². The van der Waals surface area contributed by atoms with Gasteiger partial charge >= 0.3 is 5.97 Å². The number of amides is 1. The molecule has 0 aromatic heterocycles. The van der Waals surface area contributed by atoms with Crippen LogP contribution in [0.1, 0.15) is 30.1 Å². The molecule has 6 heteroatoms. The molecule has 0 aliphatic heterocycles. The van der Waals surface area contributed by atoms with Gasteiger partial charge in [-0.2, -0.15) is 0 Å². The fourth-order valence-electron chi connectivity index (χ4n) is 1.57. The molecule has 0 unspecified atom stereocenters. The van der Waals surface area contributed by atoms with E-state index in [0.29, 0.717) is 37.6 Å². The van der Waals surface area contributed by atoms with Crippen LogP contribution in [0.3, 0.4) is 0 Å². The first-order chi connectivity index (χ1) is 9.58. The Kier molecular flexibility index (Phi) is 6.36. The van der Waals surface area contributed by atoms with Gasteiger partial charge in [0.1, 0.15) is 0 Å². The lowest BCUT2D eigenvalue weighted by atomic mass is 10.2. The first-order valence-electron chi connectivity index (χ1n) is 6.42. The lowest BCUT2D eigenvalue weighted by Gasteiger charge is -2.12. The molecule has 110 valence electrons. The molecule has 0 fully saturated rings. The number of carbonyl (C=O) groups excluding carboxylic acids is 1. The van der Waals surface area contributed by atoms with E-state index in [2.05, 4.69) is 5.32 Å². The summed E-state index contributed by atoms with van der Waals surface area (Å²) in [6, 6.07) is 4.45. The number of benzene rings is 1. The molecular weight excluding hydrogens is 262 g/mol. The van der Waals surface area contributed by atoms with Crippen LogP contribution in [0.2, 0.25) is 0 Å². The molecule has 6 nitrogen and oxygen atoms in total. The van der Waals surface area contributed by atoms with Crippen LogP contribution in [0.5, 0.6) is 11.5 Å². The fourth-order valence-corrected chi connectivity index (χ4v) is 1.57. The predicted octanol–water partition coefficient (Wildman–Crippen LogP) is 1.69. The van der Waals surface area contributed by atoms with E-state index >= 15 is 0 Å². The average molecular weight is 281 g/mol. The topological polar surface area (TPSA) is 84.9 Å². The van der Waals surface area contributed by atoms with Crippen LogP contribution in [0, 0.1) is 0 Å². The molecule has 20 heavy (non-hydrogen) atoms. The minimum absolute atomic E-state index is 0.0418. The minimum atomic E-state index is -1.02. The number of rotatable bonds is 8. The molecule has 0 radical (unpaired) electrons. The summed E-state index contributed by atoms with van der Waals surface area (Å²) < 4.78 is 10.9. The number of carboxylic acid groups (broad SMARTS) is 1. The van der Waals surface area contributed by atoms with Crippen molar-refractivity contribution in [1.82, 2.24) is 5.32 Å². The van der Waals surface area contributed by atoms with Crippen molar-refractivity contribution >= 4 is 11.9 Å². The van der Waals surface area contributed by atoms with Gasteiger partial charge in [0.15, 0.2) is 11.5 Å². The Hall–Kier alpha value is -2.24. The monoisotopic (exact) mass is 281 g/mol. The van der Waals surface area contributed by atoms with Crippen molar-refractivity contribution in [2.45, 2.75) is 19.8 Å². The summed E-state index contributed by atoms with van der Waals surface area (Å²) in [5.74, 6) is -0.182. The molecule has 0 spiro atoms. The lowest BCUT2D eigenvalue weighted by molar-refractivity contribution is -0.120. The van der Waals surface area contributed by atoms with E-state index < -0.39 is 5.97 Å². The standard InChI is InChI=1S/C14H19NO5/c1-3-19-12-9-10(14(17)18)6-7-11(12)20-8-4-5-13(16)15-2/h6-7,9H,3-5,8H2,1-2H3,(H,15,16)(H,17,18). The third-order valence-electron chi connectivity index (χ3n) is 2.58. The zero-order valence-corrected chi connectivity index (χ0v) is 11.6. The summed E-state index contributed by atoms with van der Waals surface area (Å²) in [5.41, 5.74) is 0.145. The van der Waals surface area contributed by atoms with Crippen molar-refractivity contribution < 1.29 is 24.2 Å². The van der Waals surface area contributed by atoms with Crippen molar-refractivity contribution in [2.24, 2.45) is 0 Å². The summed E-state index contributed by atoms with van der Waals surface area (Å²) in [5, 5.41) is 11.5. The van der Waals surface area contributed by atoms with Gasteiger partial charge in [0, 0.05) is 13.5 Å². The van der Waals surface area contributed by atoms with E-state index in [4.69, 9.17) is 14.6 Å². The molecular formula is C14H19NO5. The van der Waals surface area contributed by atoms with Gasteiger partial charge in [0.2, 0.25) is 5.91 Å². The summed E-state index contributed by atoms with van der Waals surface area (Å²) >= 11 is 0. The van der Waals surface area contributed by atoms with E-state index in [-0.39, 0.29) is 11.5 Å². The lowest BCUT2D eigenvalue weighted by Crippen LogP contribution is -2.18. The highest BCUT2D eigenvalue weighted by molar-refractivity contribution is 5.88. The quantitative estimate of drug-likeness (QED) is 0.708. The van der Waals surface area contributed by atoms with E-state index in [1.807, 2.05) is 6.92 Å². The van der Waals surface area contributed by atoms with Gasteiger partial charge in [-0.25, -0.2) is 4.79 Å². The van der Waals surface area contributed by atoms with Gasteiger partial charge in [0.05, 0.1) is 18.8 Å². The first kappa shape index (κ1) is 15.8. The van der Waals surface area contributed by atoms with Gasteiger partial charge in [-0.05, 0) is 31.5 Å². The second-order valence-corrected chi connectivity index (χ2v) is 4.02. The maximum atomic E-state index is 11.1. The molecule has 0 bridgehead atoms. The van der Waals surface area contributed by atoms with Gasteiger partial charge in [-0.1, -0.05) is 0 Å². The molecule has 2 N–H and O–H groups in total. The van der Waals surface area contributed by atoms with Crippen LogP contribution in [0.4, 0.5) is 0 Å². The molecule has 0 aliphatic rings. The van der Waals surface area contributed by atoms with Gasteiger partial charge in [-0.15, -0.1) is 0 Å². The molecule has 1 aromatic rings. The Bertz CT molecular complexity index is 473. The number of hydrogen-bond acceptors (Lipinski definition) is 4. The molecule has 0 atom stereocenters. The first-order valence-corrected chi connectivity index (χ1v) is 6.42. The van der Waals surface area contributed by atoms with Crippen LogP contribution in [-0.4, -0.2) is 37.2 Å². The average Bonchev–Trinajstić information content (AvgIpc) is 2.44. The van der Waals surface area contributed by atoms with Crippen LogP contribution < -0.4 is 14.8 Å². The summed E-state index contributed by atoms with van der Waals surface area (Å²) in [6.07, 6.45) is 0.958. The van der Waals surface area contributed by atoms with Gasteiger partial charge in [-0.3, -0.25) is 4.79 Å². The maximum absolute atomic E-state index is 11.1. The zero-order chi connectivity index (χ0) is 15.0. The normalized spacial score (nSPS) is 9.90. The van der Waals surface area contributed by atoms with E-state index in [1.165, 1.54) is 12.1 Å². The van der Waals surface area contributed by atoms with Gasteiger partial charge in [0.25, 0.3) is 0 Å². The predicted molar refractivity (Wildman–Crippen MR) is 73.4 cm³/mol. The van der Waals surface area contributed by atoms with Gasteiger partial charge < -0.3 is 19.9 Å². The molecule has 0 heterocycles. The van der Waals surface area contributed by atoms with Crippen molar-refractivity contribution in [3.8, 4) is 11.5 Å². The number of carboxylic acids is 1. The number of hydrogen-bond donors (Lipinski definition) is 2. The smallest absolute Gasteiger partial charge is 0.335 e. The highest BCUT2D eigenvalue weighted by atomic mass is 16.5. The fraction of sp³-hybridized carbons (Fsp3) is 0.429. The number of ether oxygens (including phenoxy) is 2. The Morgan fingerprint density at radius 3 is 2.60 bits per heavy atom. The van der Waals surface area contributed by atoms with E-state index in [1.54, 1.807) is 13.1 Å². The van der Waals surface area contributed by atoms with Crippen molar-refractivity contribution in [1.29, 1.82) is 0 Å². The molecule has 1 amide bonds. The van der Waals surface area contributed by atoms with Crippen LogP contribution >= 0.6 is 0 Å². The van der Waals surface area contributed by atoms with Crippen LogP contribution in [0.15, 0.2) is 18.2 Å². The van der Waals surface area contributed by atoms with Crippen molar-refractivity contribution in [3.05, 3.63) is 23.8 Å². The Morgan fingerprint density at radius 2 is 2.00 bits per heavy atom. The minimum Gasteiger partial charge on any atom is -0.490 e. The number of nitrogens with one attached hydrogen (secondary N) is 1. The molecule has 1 aromatic carbocycles. The van der Waals surface area contributed by atoms with E-state index in [9.17, 15) is 9.59 Å². The van der Waals surface area contributed by atoms with Crippen molar-refractivity contribution in [3.63, 3.8) is 0 Å². The summed E-state index contributed by atoms with van der Waals surface area (Å²) in [6.45, 7) is 2.58. The molecule has 1 rings (SSSR count). The highest BCUT2D eigenvalue weighted by Gasteiger charge is 2.10. The number of carbonyl (C=O) groups is 2. The molecule has 0 saturated heterocycles. The second-order valence-electron chi connectivity index (χ2n) is 4.02. The largest absolute Gasteiger partial charge is 0.490 e. The maximum Gasteiger partial charge on any atom is 0.335 e. The third kappa shape index (κ3) is 4.79. The summed E-state index contributed by atoms with van der Waals surface area (Å²) in [4.78, 5) is 22.0. The Labute approximate surface area is 117 Å². The van der Waals surface area contributed by atoms with Crippen LogP contribution in [0.25, 0.3) is 0 Å². The molecule has 0 aliphatic carbocycles. The molecule has 0 saturated carbocycles. The zero-order valence-electron chi connectivity index (χ0n) is 11.6.